The van der Waals surface area contributed by atoms with E-state index in [1.807, 2.05) is 12.1 Å². The topological polar surface area (TPSA) is 42.2 Å². The Bertz CT molecular complexity index is 942. The molecule has 122 valence electrons. The van der Waals surface area contributed by atoms with Crippen LogP contribution in [0.15, 0.2) is 42.5 Å². The Morgan fingerprint density at radius 1 is 1.12 bits per heavy atom. The minimum atomic E-state index is -1.09. The van der Waals surface area contributed by atoms with Crippen molar-refractivity contribution in [1.82, 2.24) is 4.57 Å². The number of rotatable bonds is 3. The Balaban J connectivity index is 1.88. The summed E-state index contributed by atoms with van der Waals surface area (Å²) in [5.74, 6) is -1.61. The van der Waals surface area contributed by atoms with Gasteiger partial charge in [0.05, 0.1) is 5.56 Å². The number of carbonyl (C=O) groups is 1. The maximum Gasteiger partial charge on any atom is 0.336 e. The van der Waals surface area contributed by atoms with E-state index in [4.69, 9.17) is 0 Å². The smallest absolute Gasteiger partial charge is 0.336 e. The molecular formula is C20H18FNO2. The van der Waals surface area contributed by atoms with Crippen molar-refractivity contribution in [1.29, 1.82) is 0 Å². The second kappa shape index (κ2) is 5.78. The van der Waals surface area contributed by atoms with Gasteiger partial charge in [0.1, 0.15) is 5.82 Å². The summed E-state index contributed by atoms with van der Waals surface area (Å²) < 4.78 is 15.7. The van der Waals surface area contributed by atoms with E-state index in [9.17, 15) is 14.3 Å². The van der Waals surface area contributed by atoms with Gasteiger partial charge in [-0.2, -0.15) is 0 Å². The maximum absolute atomic E-state index is 13.4. The molecule has 3 aromatic rings. The number of benzene rings is 2. The van der Waals surface area contributed by atoms with Gasteiger partial charge in [0, 0.05) is 23.1 Å². The number of carboxylic acids is 1. The van der Waals surface area contributed by atoms with Crippen molar-refractivity contribution >= 4 is 16.9 Å². The van der Waals surface area contributed by atoms with Gasteiger partial charge < -0.3 is 9.67 Å². The van der Waals surface area contributed by atoms with Crippen LogP contribution in [-0.2, 0) is 19.4 Å². The normalized spacial score (nSPS) is 13.9. The Kier molecular flexibility index (Phi) is 3.60. The van der Waals surface area contributed by atoms with Crippen molar-refractivity contribution in [3.8, 4) is 0 Å². The Labute approximate surface area is 139 Å². The fraction of sp³-hybridized carbons (Fsp3) is 0.250. The molecule has 4 heteroatoms. The Morgan fingerprint density at radius 3 is 2.75 bits per heavy atom. The lowest BCUT2D eigenvalue weighted by Crippen LogP contribution is -2.12. The highest BCUT2D eigenvalue weighted by Crippen LogP contribution is 2.33. The highest BCUT2D eigenvalue weighted by atomic mass is 19.1. The molecule has 1 heterocycles. The minimum absolute atomic E-state index is 0.0392. The van der Waals surface area contributed by atoms with E-state index in [2.05, 4.69) is 16.7 Å². The fourth-order valence-electron chi connectivity index (χ4n) is 3.82. The first-order chi connectivity index (χ1) is 11.6. The molecule has 0 amide bonds. The van der Waals surface area contributed by atoms with Gasteiger partial charge in [0.2, 0.25) is 0 Å². The number of nitrogens with zero attached hydrogens (tertiary/aromatic N) is 1. The fourth-order valence-corrected chi connectivity index (χ4v) is 3.82. The summed E-state index contributed by atoms with van der Waals surface area (Å²) in [5.41, 5.74) is 4.49. The summed E-state index contributed by atoms with van der Waals surface area (Å²) >= 11 is 0. The standard InChI is InChI=1S/C20H18FNO2/c21-14-10-9-13(17(11-14)20(23)24)12-22-18-7-3-1-5-15(18)16-6-2-4-8-19(16)22/h1,3,5,7,9-11H,2,4,6,8,12H2,(H,23,24). The summed E-state index contributed by atoms with van der Waals surface area (Å²) in [6, 6.07) is 12.3. The van der Waals surface area contributed by atoms with E-state index in [1.54, 1.807) is 6.07 Å². The molecule has 0 bridgehead atoms. The highest BCUT2D eigenvalue weighted by molar-refractivity contribution is 5.90. The van der Waals surface area contributed by atoms with E-state index in [0.29, 0.717) is 12.1 Å². The number of aromatic nitrogens is 1. The molecule has 1 aliphatic carbocycles. The number of hydrogen-bond donors (Lipinski definition) is 1. The third kappa shape index (κ3) is 2.39. The van der Waals surface area contributed by atoms with Crippen LogP contribution in [0.4, 0.5) is 4.39 Å². The molecule has 0 saturated heterocycles. The lowest BCUT2D eigenvalue weighted by atomic mass is 9.95. The van der Waals surface area contributed by atoms with E-state index in [1.165, 1.54) is 29.1 Å². The SMILES string of the molecule is O=C(O)c1cc(F)ccc1Cn1c2c(c3ccccc31)CCCC2. The highest BCUT2D eigenvalue weighted by Gasteiger charge is 2.21. The maximum atomic E-state index is 13.4. The first-order valence-corrected chi connectivity index (χ1v) is 8.26. The van der Waals surface area contributed by atoms with Crippen LogP contribution < -0.4 is 0 Å². The average Bonchev–Trinajstić information content (AvgIpc) is 2.91. The monoisotopic (exact) mass is 323 g/mol. The molecule has 0 atom stereocenters. The average molecular weight is 323 g/mol. The predicted molar refractivity (Wildman–Crippen MR) is 91.0 cm³/mol. The number of hydrogen-bond acceptors (Lipinski definition) is 1. The van der Waals surface area contributed by atoms with Gasteiger partial charge in [-0.05, 0) is 55.0 Å². The molecule has 0 aliphatic heterocycles. The third-order valence-electron chi connectivity index (χ3n) is 4.92. The van der Waals surface area contributed by atoms with Gasteiger partial charge in [0.25, 0.3) is 0 Å². The van der Waals surface area contributed by atoms with Crippen LogP contribution in [0.1, 0.15) is 40.0 Å². The van der Waals surface area contributed by atoms with Gasteiger partial charge in [-0.1, -0.05) is 24.3 Å². The first-order valence-electron chi connectivity index (χ1n) is 8.26. The molecule has 24 heavy (non-hydrogen) atoms. The van der Waals surface area contributed by atoms with Crippen LogP contribution in [0.3, 0.4) is 0 Å². The van der Waals surface area contributed by atoms with Crippen LogP contribution in [0.5, 0.6) is 0 Å². The van der Waals surface area contributed by atoms with Crippen LogP contribution in [-0.4, -0.2) is 15.6 Å². The zero-order valence-electron chi connectivity index (χ0n) is 13.3. The van der Waals surface area contributed by atoms with E-state index in [0.717, 1.165) is 30.8 Å². The molecule has 1 aliphatic rings. The molecule has 0 saturated carbocycles. The number of aromatic carboxylic acids is 1. The third-order valence-corrected chi connectivity index (χ3v) is 4.92. The Morgan fingerprint density at radius 2 is 1.92 bits per heavy atom. The molecule has 1 N–H and O–H groups in total. The molecular weight excluding hydrogens is 305 g/mol. The molecule has 0 radical (unpaired) electrons. The van der Waals surface area contributed by atoms with Crippen molar-refractivity contribution < 1.29 is 14.3 Å². The molecule has 4 rings (SSSR count). The van der Waals surface area contributed by atoms with Crippen LogP contribution >= 0.6 is 0 Å². The van der Waals surface area contributed by atoms with Crippen molar-refractivity contribution in [3.63, 3.8) is 0 Å². The van der Waals surface area contributed by atoms with Gasteiger partial charge in [-0.3, -0.25) is 0 Å². The van der Waals surface area contributed by atoms with E-state index >= 15 is 0 Å². The lowest BCUT2D eigenvalue weighted by molar-refractivity contribution is 0.0695. The second-order valence-electron chi connectivity index (χ2n) is 6.34. The first kappa shape index (κ1) is 14.9. The van der Waals surface area contributed by atoms with Gasteiger partial charge in [0.15, 0.2) is 0 Å². The molecule has 2 aromatic carbocycles. The van der Waals surface area contributed by atoms with E-state index < -0.39 is 11.8 Å². The number of fused-ring (bicyclic) bond motifs is 3. The van der Waals surface area contributed by atoms with Crippen LogP contribution in [0.2, 0.25) is 0 Å². The van der Waals surface area contributed by atoms with Crippen LogP contribution in [0.25, 0.3) is 10.9 Å². The van der Waals surface area contributed by atoms with Gasteiger partial charge in [-0.25, -0.2) is 9.18 Å². The number of carboxylic acid groups (broad SMARTS) is 1. The van der Waals surface area contributed by atoms with Crippen molar-refractivity contribution in [2.24, 2.45) is 0 Å². The summed E-state index contributed by atoms with van der Waals surface area (Å²) in [6.45, 7) is 0.456. The molecule has 0 fully saturated rings. The lowest BCUT2D eigenvalue weighted by Gasteiger charge is -2.17. The number of para-hydroxylation sites is 1. The summed E-state index contributed by atoms with van der Waals surface area (Å²) in [7, 11) is 0. The van der Waals surface area contributed by atoms with Crippen LogP contribution in [0, 0.1) is 5.82 Å². The zero-order chi connectivity index (χ0) is 16.7. The largest absolute Gasteiger partial charge is 0.478 e. The van der Waals surface area contributed by atoms with Crippen molar-refractivity contribution in [2.45, 2.75) is 32.2 Å². The van der Waals surface area contributed by atoms with Gasteiger partial charge >= 0.3 is 5.97 Å². The van der Waals surface area contributed by atoms with E-state index in [-0.39, 0.29) is 5.56 Å². The second-order valence-corrected chi connectivity index (χ2v) is 6.34. The predicted octanol–water partition coefficient (Wildman–Crippen LogP) is 4.41. The summed E-state index contributed by atoms with van der Waals surface area (Å²) in [6.07, 6.45) is 4.42. The molecule has 0 spiro atoms. The molecule has 1 aromatic heterocycles. The van der Waals surface area contributed by atoms with Crippen molar-refractivity contribution in [2.75, 3.05) is 0 Å². The summed E-state index contributed by atoms with van der Waals surface area (Å²) in [5, 5.41) is 10.7. The zero-order valence-corrected chi connectivity index (χ0v) is 13.3. The van der Waals surface area contributed by atoms with Gasteiger partial charge in [-0.15, -0.1) is 0 Å². The number of halogens is 1. The molecule has 3 nitrogen and oxygen atoms in total. The quantitative estimate of drug-likeness (QED) is 0.776. The molecule has 0 unspecified atom stereocenters. The summed E-state index contributed by atoms with van der Waals surface area (Å²) in [4.78, 5) is 11.5. The Hall–Kier alpha value is -2.62. The minimum Gasteiger partial charge on any atom is -0.478 e. The number of aryl methyl sites for hydroxylation is 1. The van der Waals surface area contributed by atoms with Crippen molar-refractivity contribution in [3.05, 3.63) is 70.7 Å².